The van der Waals surface area contributed by atoms with Crippen LogP contribution in [0, 0.1) is 0 Å². The monoisotopic (exact) mass is 760 g/mol. The second kappa shape index (κ2) is 15.1. The molecule has 54 heavy (non-hydrogen) atoms. The summed E-state index contributed by atoms with van der Waals surface area (Å²) in [7, 11) is -2.68. The number of ether oxygens (including phenoxy) is 4. The van der Waals surface area contributed by atoms with Crippen LogP contribution in [0.1, 0.15) is 33.3 Å². The van der Waals surface area contributed by atoms with Crippen LogP contribution in [0.3, 0.4) is 0 Å². The van der Waals surface area contributed by atoms with Crippen LogP contribution in [-0.2, 0) is 34.8 Å². The van der Waals surface area contributed by atoms with Gasteiger partial charge in [0.15, 0.2) is 29.2 Å². The van der Waals surface area contributed by atoms with Crippen LogP contribution in [0.5, 0.6) is 0 Å². The van der Waals surface area contributed by atoms with Gasteiger partial charge in [0.05, 0.1) is 24.7 Å². The van der Waals surface area contributed by atoms with Gasteiger partial charge in [-0.25, -0.2) is 24.7 Å². The SMILES string of the molecule is O=C(O[C@H]1[C@@H](OC2=NC(=S(=O)=O)C=N2)[C@H](n2cnc3c(Cl)ncnc32)O[C@@H]1COC(c1ccccc1)(c1ccccc1)c1ccccc1)c1ccccc1. The Kier molecular flexibility index (Phi) is 9.80. The Balaban J connectivity index is 1.25. The summed E-state index contributed by atoms with van der Waals surface area (Å²) in [6.45, 7) is -0.137. The number of aromatic nitrogens is 4. The molecule has 270 valence electrons. The van der Waals surface area contributed by atoms with Gasteiger partial charge in [0.1, 0.15) is 23.5 Å². The average molecular weight is 761 g/mol. The van der Waals surface area contributed by atoms with E-state index in [4.69, 9.17) is 30.5 Å². The molecule has 0 amide bonds. The van der Waals surface area contributed by atoms with Crippen LogP contribution >= 0.6 is 11.6 Å². The number of hydrogen-bond acceptors (Lipinski definition) is 11. The number of nitrogens with zero attached hydrogens (tertiary/aromatic N) is 6. The minimum Gasteiger partial charge on any atom is -0.452 e. The summed E-state index contributed by atoms with van der Waals surface area (Å²) in [6.07, 6.45) is -0.668. The summed E-state index contributed by atoms with van der Waals surface area (Å²) in [5.41, 5.74) is 2.27. The van der Waals surface area contributed by atoms with Crippen LogP contribution in [0.2, 0.25) is 5.15 Å². The fourth-order valence-electron chi connectivity index (χ4n) is 6.61. The molecule has 0 spiro atoms. The van der Waals surface area contributed by atoms with E-state index in [1.165, 1.54) is 12.7 Å². The Morgan fingerprint density at radius 2 is 1.39 bits per heavy atom. The van der Waals surface area contributed by atoms with Gasteiger partial charge in [-0.15, -0.1) is 0 Å². The molecule has 8 rings (SSSR count). The maximum absolute atomic E-state index is 13.8. The van der Waals surface area contributed by atoms with Gasteiger partial charge < -0.3 is 18.9 Å². The van der Waals surface area contributed by atoms with Gasteiger partial charge in [-0.1, -0.05) is 121 Å². The quantitative estimate of drug-likeness (QED) is 0.0762. The van der Waals surface area contributed by atoms with E-state index in [0.29, 0.717) is 11.2 Å². The molecule has 2 aliphatic heterocycles. The zero-order chi connectivity index (χ0) is 37.1. The van der Waals surface area contributed by atoms with Crippen molar-refractivity contribution in [3.05, 3.63) is 161 Å². The summed E-state index contributed by atoms with van der Waals surface area (Å²) >= 11 is 6.38. The molecular weight excluding hydrogens is 732 g/mol. The number of hydrogen-bond donors (Lipinski definition) is 0. The van der Waals surface area contributed by atoms with E-state index in [0.717, 1.165) is 22.9 Å². The van der Waals surface area contributed by atoms with Crippen molar-refractivity contribution in [1.82, 2.24) is 19.5 Å². The number of benzene rings is 4. The molecule has 0 aliphatic carbocycles. The van der Waals surface area contributed by atoms with Gasteiger partial charge in [-0.2, -0.15) is 13.4 Å². The van der Waals surface area contributed by atoms with Gasteiger partial charge in [0.2, 0.25) is 15.3 Å². The smallest absolute Gasteiger partial charge is 0.338 e. The number of imidazole rings is 1. The van der Waals surface area contributed by atoms with Crippen LogP contribution in [0.15, 0.2) is 144 Å². The Morgan fingerprint density at radius 1 is 0.796 bits per heavy atom. The van der Waals surface area contributed by atoms with E-state index >= 15 is 0 Å². The van der Waals surface area contributed by atoms with Crippen molar-refractivity contribution in [2.45, 2.75) is 30.1 Å². The molecule has 6 aromatic rings. The highest BCUT2D eigenvalue weighted by atomic mass is 35.5. The fourth-order valence-corrected chi connectivity index (χ4v) is 7.07. The van der Waals surface area contributed by atoms with Crippen molar-refractivity contribution in [3.8, 4) is 0 Å². The standard InChI is InChI=1S/C39H29ClN6O7S/c40-34-31-35(43-23-42-34)46(24-44-31)36-33(53-38-41-21-30(45-38)54(48)49)32(52-37(47)25-13-5-1-6-14-25)29(51-36)22-50-39(26-15-7-2-8-16-26,27-17-9-3-10-18-27)28-19-11-4-12-20-28/h1-21,23-24,29,32-33,36H,22H2/t29-,32-,33-,36-/m1/s1. The molecule has 0 bridgehead atoms. The zero-order valence-electron chi connectivity index (χ0n) is 28.1. The topological polar surface area (TPSA) is 156 Å². The lowest BCUT2D eigenvalue weighted by Crippen LogP contribution is -2.43. The van der Waals surface area contributed by atoms with E-state index in [1.807, 2.05) is 91.0 Å². The maximum atomic E-state index is 13.8. The average Bonchev–Trinajstić information content (AvgIpc) is 3.95. The first-order valence-electron chi connectivity index (χ1n) is 16.7. The second-order valence-corrected chi connectivity index (χ2v) is 13.4. The molecule has 2 aliphatic rings. The van der Waals surface area contributed by atoms with Gasteiger partial charge >= 0.3 is 12.0 Å². The Bertz CT molecular complexity index is 2400. The normalized spacial score (nSPS) is 19.5. The van der Waals surface area contributed by atoms with Gasteiger partial charge in [-0.05, 0) is 28.8 Å². The Labute approximate surface area is 315 Å². The summed E-state index contributed by atoms with van der Waals surface area (Å²) in [5, 5.41) is 0.112. The van der Waals surface area contributed by atoms with Crippen molar-refractivity contribution in [1.29, 1.82) is 0 Å². The molecule has 4 aromatic carbocycles. The van der Waals surface area contributed by atoms with Crippen molar-refractivity contribution < 1.29 is 32.2 Å². The zero-order valence-corrected chi connectivity index (χ0v) is 29.7. The number of carbonyl (C=O) groups excluding carboxylic acids is 1. The third-order valence-corrected chi connectivity index (χ3v) is 9.85. The van der Waals surface area contributed by atoms with Crippen LogP contribution in [-0.4, -0.2) is 76.0 Å². The first-order valence-corrected chi connectivity index (χ1v) is 18.2. The summed E-state index contributed by atoms with van der Waals surface area (Å²) in [5.74, 6) is -0.658. The highest BCUT2D eigenvalue weighted by molar-refractivity contribution is 7.74. The Morgan fingerprint density at radius 3 is 1.96 bits per heavy atom. The number of carbonyl (C=O) groups is 1. The lowest BCUT2D eigenvalue weighted by molar-refractivity contribution is -0.0959. The number of esters is 1. The van der Waals surface area contributed by atoms with E-state index < -0.39 is 46.4 Å². The van der Waals surface area contributed by atoms with Crippen molar-refractivity contribution in [2.75, 3.05) is 6.61 Å². The van der Waals surface area contributed by atoms with E-state index in [2.05, 4.69) is 24.9 Å². The van der Waals surface area contributed by atoms with Crippen LogP contribution in [0.25, 0.3) is 11.2 Å². The number of amidine groups is 1. The molecule has 1 saturated heterocycles. The molecule has 0 unspecified atom stereocenters. The number of aliphatic imine (C=N–C) groups is 2. The van der Waals surface area contributed by atoms with Gasteiger partial charge in [-0.3, -0.25) is 4.57 Å². The molecule has 4 atom stereocenters. The highest BCUT2D eigenvalue weighted by Crippen LogP contribution is 2.43. The summed E-state index contributed by atoms with van der Waals surface area (Å²) in [4.78, 5) is 34.4. The minimum absolute atomic E-state index is 0.112. The molecular formula is C39H29ClN6O7S. The first-order chi connectivity index (χ1) is 26.4. The molecule has 2 aromatic heterocycles. The minimum atomic E-state index is -2.68. The predicted octanol–water partition coefficient (Wildman–Crippen LogP) is 5.45. The van der Waals surface area contributed by atoms with Gasteiger partial charge in [0, 0.05) is 0 Å². The van der Waals surface area contributed by atoms with Crippen LogP contribution < -0.4 is 0 Å². The molecule has 4 heterocycles. The number of halogens is 1. The van der Waals surface area contributed by atoms with Gasteiger partial charge in [0.25, 0.3) is 0 Å². The fraction of sp³-hybridized carbons (Fsp3) is 0.154. The third kappa shape index (κ3) is 6.67. The van der Waals surface area contributed by atoms with E-state index in [1.54, 1.807) is 34.9 Å². The third-order valence-electron chi connectivity index (χ3n) is 9.03. The van der Waals surface area contributed by atoms with E-state index in [-0.39, 0.29) is 28.3 Å². The van der Waals surface area contributed by atoms with Crippen molar-refractivity contribution in [2.24, 2.45) is 9.98 Å². The first kappa shape index (κ1) is 35.0. The number of fused-ring (bicyclic) bond motifs is 1. The lowest BCUT2D eigenvalue weighted by atomic mass is 9.80. The number of rotatable bonds is 10. The largest absolute Gasteiger partial charge is 0.452 e. The predicted molar refractivity (Wildman–Crippen MR) is 200 cm³/mol. The van der Waals surface area contributed by atoms with Crippen molar-refractivity contribution in [3.63, 3.8) is 0 Å². The lowest BCUT2D eigenvalue weighted by Gasteiger charge is -2.37. The molecule has 1 fully saturated rings. The maximum Gasteiger partial charge on any atom is 0.338 e. The second-order valence-electron chi connectivity index (χ2n) is 12.2. The molecule has 13 nitrogen and oxygen atoms in total. The van der Waals surface area contributed by atoms with E-state index in [9.17, 15) is 13.2 Å². The molecule has 0 N–H and O–H groups in total. The Hall–Kier alpha value is -6.06. The molecule has 15 heteroatoms. The summed E-state index contributed by atoms with van der Waals surface area (Å²) < 4.78 is 51.5. The molecule has 0 radical (unpaired) electrons. The van der Waals surface area contributed by atoms with Crippen molar-refractivity contribution >= 4 is 56.3 Å². The van der Waals surface area contributed by atoms with Crippen LogP contribution in [0.4, 0.5) is 0 Å². The highest BCUT2D eigenvalue weighted by Gasteiger charge is 2.52. The summed E-state index contributed by atoms with van der Waals surface area (Å²) in [6, 6.07) is 37.6. The molecule has 0 saturated carbocycles.